The molecule has 2 aromatic heterocycles. The molecular weight excluding hydrogens is 1080 g/mol. The monoisotopic (exact) mass is 1160 g/mol. The van der Waals surface area contributed by atoms with Crippen molar-refractivity contribution in [2.75, 3.05) is 71.1 Å². The van der Waals surface area contributed by atoms with Gasteiger partial charge >= 0.3 is 24.1 Å². The lowest BCUT2D eigenvalue weighted by Crippen LogP contribution is -2.43. The fourth-order valence-corrected chi connectivity index (χ4v) is 11.0. The summed E-state index contributed by atoms with van der Waals surface area (Å²) in [6.07, 6.45) is 4.39. The van der Waals surface area contributed by atoms with Crippen molar-refractivity contribution in [3.8, 4) is 45.5 Å². The van der Waals surface area contributed by atoms with Crippen LogP contribution in [0.1, 0.15) is 125 Å². The third-order valence-corrected chi connectivity index (χ3v) is 15.0. The van der Waals surface area contributed by atoms with Crippen molar-refractivity contribution in [3.05, 3.63) is 132 Å². The van der Waals surface area contributed by atoms with E-state index in [0.717, 1.165) is 42.7 Å². The second-order valence-electron chi connectivity index (χ2n) is 22.7. The largest absolute Gasteiger partial charge is 0.464 e. The number of esters is 2. The SMILES string of the molecule is COC(=O)c1c(-c2ccc(Oc3ccccc3)cc2)nc(C(CCOS(C)(=O)=O)C2CCN(C(=O)OC(C)(C)C)CC2)n1N.COC(=O)c1c(-c2ccc(Oc3ccccc3)cc2)nc2n1NCCC2C1CCN(C(=O)OC(C)(C)C)CC1. The molecule has 4 aromatic carbocycles. The van der Waals surface area contributed by atoms with Gasteiger partial charge in [-0.3, -0.25) is 4.18 Å². The van der Waals surface area contributed by atoms with Gasteiger partial charge in [-0.25, -0.2) is 38.5 Å². The topological polar surface area (TPSA) is 247 Å². The number of imidazole rings is 2. The Kier molecular flexibility index (Phi) is 19.4. The molecule has 9 rings (SSSR count). The van der Waals surface area contributed by atoms with Crippen molar-refractivity contribution < 1.29 is 60.2 Å². The highest BCUT2D eigenvalue weighted by atomic mass is 32.2. The minimum Gasteiger partial charge on any atom is -0.464 e. The number of rotatable bonds is 15. The van der Waals surface area contributed by atoms with Crippen molar-refractivity contribution >= 4 is 34.2 Å². The minimum absolute atomic E-state index is 0.0402. The van der Waals surface area contributed by atoms with Crippen LogP contribution in [0, 0.1) is 11.8 Å². The van der Waals surface area contributed by atoms with Gasteiger partial charge in [0.25, 0.3) is 10.1 Å². The molecule has 3 N–H and O–H groups in total. The van der Waals surface area contributed by atoms with E-state index in [0.29, 0.717) is 97.2 Å². The number of nitrogens with two attached hydrogens (primary N) is 1. The van der Waals surface area contributed by atoms with Crippen LogP contribution in [0.4, 0.5) is 9.59 Å². The number of hydrogen-bond acceptors (Lipinski definition) is 17. The summed E-state index contributed by atoms with van der Waals surface area (Å²) in [6, 6.07) is 33.6. The molecule has 0 saturated carbocycles. The van der Waals surface area contributed by atoms with Crippen molar-refractivity contribution in [1.82, 2.24) is 29.1 Å². The minimum atomic E-state index is -3.68. The quantitative estimate of drug-likeness (QED) is 0.0420. The smallest absolute Gasteiger partial charge is 0.410 e. The highest BCUT2D eigenvalue weighted by molar-refractivity contribution is 7.85. The molecule has 2 atom stereocenters. The maximum Gasteiger partial charge on any atom is 0.410 e. The molecule has 2 unspecified atom stereocenters. The Hall–Kier alpha value is -8.11. The second-order valence-corrected chi connectivity index (χ2v) is 24.4. The molecule has 444 valence electrons. The van der Waals surface area contributed by atoms with Gasteiger partial charge in [0.1, 0.15) is 57.2 Å². The summed E-state index contributed by atoms with van der Waals surface area (Å²) in [4.78, 5) is 64.4. The van der Waals surface area contributed by atoms with Gasteiger partial charge in [-0.15, -0.1) is 0 Å². The lowest BCUT2D eigenvalue weighted by Gasteiger charge is -2.38. The maximum absolute atomic E-state index is 13.0. The molecule has 5 heterocycles. The van der Waals surface area contributed by atoms with E-state index in [1.165, 1.54) is 18.9 Å². The van der Waals surface area contributed by atoms with Crippen LogP contribution in [0.15, 0.2) is 109 Å². The number of benzene rings is 4. The van der Waals surface area contributed by atoms with E-state index in [1.807, 2.05) is 131 Å². The second kappa shape index (κ2) is 26.4. The molecular formula is C61H76N8O13S. The van der Waals surface area contributed by atoms with E-state index in [9.17, 15) is 27.6 Å². The number of ether oxygens (including phenoxy) is 6. The fourth-order valence-electron chi connectivity index (χ4n) is 10.6. The van der Waals surface area contributed by atoms with Crippen LogP contribution in [0.3, 0.4) is 0 Å². The van der Waals surface area contributed by atoms with Gasteiger partial charge in [-0.2, -0.15) is 8.42 Å². The summed E-state index contributed by atoms with van der Waals surface area (Å²) in [5.74, 6) is 9.44. The van der Waals surface area contributed by atoms with Crippen molar-refractivity contribution in [3.63, 3.8) is 0 Å². The van der Waals surface area contributed by atoms with E-state index in [-0.39, 0.29) is 48.7 Å². The van der Waals surface area contributed by atoms with Crippen LogP contribution in [-0.2, 0) is 33.2 Å². The van der Waals surface area contributed by atoms with E-state index in [4.69, 9.17) is 48.4 Å². The molecule has 0 spiro atoms. The number of likely N-dealkylation sites (tertiary alicyclic amines) is 2. The maximum atomic E-state index is 13.0. The lowest BCUT2D eigenvalue weighted by atomic mass is 9.81. The fraction of sp³-hybridized carbons (Fsp3) is 0.443. The van der Waals surface area contributed by atoms with Crippen LogP contribution in [-0.4, -0.2) is 133 Å². The first kappa shape index (κ1) is 61.0. The zero-order chi connectivity index (χ0) is 59.6. The van der Waals surface area contributed by atoms with Crippen molar-refractivity contribution in [2.45, 2.75) is 103 Å². The van der Waals surface area contributed by atoms with Gasteiger partial charge in [0.15, 0.2) is 11.4 Å². The number of carbonyl (C=O) groups is 4. The summed E-state index contributed by atoms with van der Waals surface area (Å²) in [5, 5.41) is 0. The van der Waals surface area contributed by atoms with Crippen LogP contribution >= 0.6 is 0 Å². The van der Waals surface area contributed by atoms with Crippen LogP contribution in [0.25, 0.3) is 22.5 Å². The van der Waals surface area contributed by atoms with Gasteiger partial charge < -0.3 is 49.5 Å². The van der Waals surface area contributed by atoms with Gasteiger partial charge in [-0.1, -0.05) is 36.4 Å². The molecule has 3 aliphatic rings. The van der Waals surface area contributed by atoms with Gasteiger partial charge in [0.05, 0.1) is 27.1 Å². The van der Waals surface area contributed by atoms with Gasteiger partial charge in [0, 0.05) is 55.7 Å². The number of nitrogens with one attached hydrogen (secondary N) is 1. The summed E-state index contributed by atoms with van der Waals surface area (Å²) in [5.41, 5.74) is 4.98. The Balaban J connectivity index is 0.000000218. The highest BCUT2D eigenvalue weighted by Gasteiger charge is 2.39. The molecule has 0 aliphatic carbocycles. The normalized spacial score (nSPS) is 16.3. The Morgan fingerprint density at radius 2 is 1.07 bits per heavy atom. The van der Waals surface area contributed by atoms with E-state index in [2.05, 4.69) is 5.43 Å². The first-order valence-electron chi connectivity index (χ1n) is 27.9. The van der Waals surface area contributed by atoms with E-state index in [1.54, 1.807) is 34.1 Å². The molecule has 2 fully saturated rings. The predicted molar refractivity (Wildman–Crippen MR) is 312 cm³/mol. The highest BCUT2D eigenvalue weighted by Crippen LogP contribution is 2.41. The Bertz CT molecular complexity index is 3290. The summed E-state index contributed by atoms with van der Waals surface area (Å²) >= 11 is 0. The van der Waals surface area contributed by atoms with Crippen LogP contribution in [0.5, 0.6) is 23.0 Å². The predicted octanol–water partition coefficient (Wildman–Crippen LogP) is 10.7. The number of carbonyl (C=O) groups excluding carboxylic acids is 4. The molecule has 2 saturated heterocycles. The molecule has 21 nitrogen and oxygen atoms in total. The molecule has 83 heavy (non-hydrogen) atoms. The number of fused-ring (bicyclic) bond motifs is 1. The van der Waals surface area contributed by atoms with E-state index < -0.39 is 33.3 Å². The Morgan fingerprint density at radius 3 is 1.53 bits per heavy atom. The van der Waals surface area contributed by atoms with Crippen molar-refractivity contribution in [2.24, 2.45) is 11.8 Å². The Morgan fingerprint density at radius 1 is 0.627 bits per heavy atom. The summed E-state index contributed by atoms with van der Waals surface area (Å²) in [6.45, 7) is 13.9. The number of piperidine rings is 2. The first-order valence-corrected chi connectivity index (χ1v) is 29.7. The zero-order valence-electron chi connectivity index (χ0n) is 48.7. The van der Waals surface area contributed by atoms with Crippen molar-refractivity contribution in [1.29, 1.82) is 0 Å². The summed E-state index contributed by atoms with van der Waals surface area (Å²) < 4.78 is 64.7. The first-order chi connectivity index (χ1) is 39.5. The Labute approximate surface area is 485 Å². The summed E-state index contributed by atoms with van der Waals surface area (Å²) in [7, 11) is -1.04. The average Bonchev–Trinajstić information content (AvgIpc) is 3.99. The number of para-hydroxylation sites is 2. The van der Waals surface area contributed by atoms with E-state index >= 15 is 0 Å². The number of methoxy groups -OCH3 is 2. The number of aromatic nitrogens is 4. The zero-order valence-corrected chi connectivity index (χ0v) is 49.5. The standard InChI is InChI=1S/C31H40N4O8S.C30H36N4O5/c1-31(2,3)43-30(37)34-18-15-21(16-19-34)25(17-20-41-44(5,38)39)28-33-26(27(35(28)32)29(36)40-4)22-11-13-24(14-12-22)42-23-9-7-6-8-10-23;1-30(2,3)39-29(36)33-18-15-20(16-19-33)24-14-17-31-34-26(28(35)37-4)25(32-27(24)34)21-10-12-23(13-11-21)38-22-8-6-5-7-9-22/h6-14,21,25H,15-20,32H2,1-5H3;5-13,20,24,31H,14-19H2,1-4H3. The van der Waals surface area contributed by atoms with Crippen LogP contribution in [0.2, 0.25) is 0 Å². The molecule has 0 radical (unpaired) electrons. The molecule has 3 aliphatic heterocycles. The number of nitrogen functional groups attached to an aromatic ring is 1. The van der Waals surface area contributed by atoms with Crippen LogP contribution < -0.4 is 20.7 Å². The number of nitrogens with zero attached hydrogens (tertiary/aromatic N) is 6. The molecule has 6 aromatic rings. The lowest BCUT2D eigenvalue weighted by molar-refractivity contribution is 0.0159. The number of amides is 2. The van der Waals surface area contributed by atoms with Gasteiger partial charge in [0.2, 0.25) is 0 Å². The van der Waals surface area contributed by atoms with Gasteiger partial charge in [-0.05, 0) is 165 Å². The molecule has 22 heteroatoms. The number of hydrogen-bond donors (Lipinski definition) is 2. The average molecular weight is 1160 g/mol. The molecule has 0 bridgehead atoms. The molecule has 2 amide bonds. The third kappa shape index (κ3) is 15.9. The third-order valence-electron chi connectivity index (χ3n) is 14.4.